The Balaban J connectivity index is 2.18. The normalized spacial score (nSPS) is 18.4. The SMILES string of the molecule is Clc1cc(C2CCOCC2)ncc1Br. The van der Waals surface area contributed by atoms with E-state index in [-0.39, 0.29) is 0 Å². The molecule has 4 heteroatoms. The van der Waals surface area contributed by atoms with Gasteiger partial charge in [0.1, 0.15) is 0 Å². The molecule has 0 atom stereocenters. The molecule has 1 aromatic rings. The Kier molecular flexibility index (Phi) is 3.42. The van der Waals surface area contributed by atoms with Crippen molar-refractivity contribution in [1.82, 2.24) is 4.98 Å². The van der Waals surface area contributed by atoms with E-state index < -0.39 is 0 Å². The van der Waals surface area contributed by atoms with E-state index in [4.69, 9.17) is 16.3 Å². The smallest absolute Gasteiger partial charge is 0.0581 e. The summed E-state index contributed by atoms with van der Waals surface area (Å²) >= 11 is 9.35. The minimum atomic E-state index is 0.509. The van der Waals surface area contributed by atoms with Crippen molar-refractivity contribution < 1.29 is 4.74 Å². The average Bonchev–Trinajstić information content (AvgIpc) is 2.23. The van der Waals surface area contributed by atoms with E-state index in [1.807, 2.05) is 6.07 Å². The zero-order chi connectivity index (χ0) is 9.97. The summed E-state index contributed by atoms with van der Waals surface area (Å²) in [4.78, 5) is 4.38. The summed E-state index contributed by atoms with van der Waals surface area (Å²) in [7, 11) is 0. The third-order valence-electron chi connectivity index (χ3n) is 2.47. The molecule has 76 valence electrons. The topological polar surface area (TPSA) is 22.1 Å². The maximum atomic E-state index is 6.01. The summed E-state index contributed by atoms with van der Waals surface area (Å²) in [5.41, 5.74) is 1.08. The second-order valence-electron chi connectivity index (χ2n) is 3.41. The largest absolute Gasteiger partial charge is 0.381 e. The Morgan fingerprint density at radius 3 is 2.79 bits per heavy atom. The van der Waals surface area contributed by atoms with Gasteiger partial charge in [0.05, 0.1) is 9.50 Å². The molecule has 2 rings (SSSR count). The first-order valence-corrected chi connectivity index (χ1v) is 5.83. The van der Waals surface area contributed by atoms with E-state index in [0.717, 1.165) is 41.2 Å². The fourth-order valence-electron chi connectivity index (χ4n) is 1.65. The van der Waals surface area contributed by atoms with E-state index in [1.54, 1.807) is 6.20 Å². The van der Waals surface area contributed by atoms with Crippen LogP contribution in [-0.4, -0.2) is 18.2 Å². The van der Waals surface area contributed by atoms with Crippen molar-refractivity contribution in [1.29, 1.82) is 0 Å². The molecule has 0 aromatic carbocycles. The van der Waals surface area contributed by atoms with Gasteiger partial charge in [-0.3, -0.25) is 4.98 Å². The zero-order valence-corrected chi connectivity index (χ0v) is 10.0. The van der Waals surface area contributed by atoms with Gasteiger partial charge in [0.15, 0.2) is 0 Å². The van der Waals surface area contributed by atoms with Crippen molar-refractivity contribution >= 4 is 27.5 Å². The molecule has 1 aliphatic rings. The molecule has 1 aliphatic heterocycles. The van der Waals surface area contributed by atoms with Crippen molar-refractivity contribution in [2.45, 2.75) is 18.8 Å². The lowest BCUT2D eigenvalue weighted by atomic mass is 9.96. The van der Waals surface area contributed by atoms with Crippen molar-refractivity contribution in [3.8, 4) is 0 Å². The lowest BCUT2D eigenvalue weighted by Gasteiger charge is -2.21. The van der Waals surface area contributed by atoms with Crippen LogP contribution in [0.15, 0.2) is 16.7 Å². The highest BCUT2D eigenvalue weighted by Crippen LogP contribution is 2.29. The van der Waals surface area contributed by atoms with Gasteiger partial charge in [-0.1, -0.05) is 11.6 Å². The fraction of sp³-hybridized carbons (Fsp3) is 0.500. The summed E-state index contributed by atoms with van der Waals surface area (Å²) in [5.74, 6) is 0.509. The Labute approximate surface area is 96.8 Å². The van der Waals surface area contributed by atoms with Crippen LogP contribution < -0.4 is 0 Å². The molecule has 14 heavy (non-hydrogen) atoms. The molecule has 0 N–H and O–H groups in total. The quantitative estimate of drug-likeness (QED) is 0.784. The first-order valence-electron chi connectivity index (χ1n) is 4.66. The molecule has 2 nitrogen and oxygen atoms in total. The molecule has 0 bridgehead atoms. The number of hydrogen-bond donors (Lipinski definition) is 0. The first kappa shape index (κ1) is 10.4. The first-order chi connectivity index (χ1) is 6.77. The summed E-state index contributed by atoms with van der Waals surface area (Å²) < 4.78 is 6.16. The number of pyridine rings is 1. The van der Waals surface area contributed by atoms with Gasteiger partial charge in [0, 0.05) is 31.0 Å². The minimum absolute atomic E-state index is 0.509. The van der Waals surface area contributed by atoms with E-state index >= 15 is 0 Å². The molecule has 0 aliphatic carbocycles. The number of halogens is 2. The van der Waals surface area contributed by atoms with Crippen LogP contribution in [0.3, 0.4) is 0 Å². The van der Waals surface area contributed by atoms with Crippen LogP contribution in [-0.2, 0) is 4.74 Å². The molecule has 2 heterocycles. The highest BCUT2D eigenvalue weighted by molar-refractivity contribution is 9.10. The molecule has 0 unspecified atom stereocenters. The number of hydrogen-bond acceptors (Lipinski definition) is 2. The number of nitrogens with zero attached hydrogens (tertiary/aromatic N) is 1. The predicted molar refractivity (Wildman–Crippen MR) is 59.7 cm³/mol. The molecule has 1 fully saturated rings. The maximum Gasteiger partial charge on any atom is 0.0581 e. The van der Waals surface area contributed by atoms with E-state index in [1.165, 1.54) is 0 Å². The zero-order valence-electron chi connectivity index (χ0n) is 7.67. The summed E-state index contributed by atoms with van der Waals surface area (Å²) in [5, 5.41) is 0.737. The second kappa shape index (κ2) is 4.60. The second-order valence-corrected chi connectivity index (χ2v) is 4.67. The molecular weight excluding hydrogens is 265 g/mol. The molecule has 0 spiro atoms. The van der Waals surface area contributed by atoms with Gasteiger partial charge < -0.3 is 4.74 Å². The molecule has 1 aromatic heterocycles. The lowest BCUT2D eigenvalue weighted by molar-refractivity contribution is 0.0845. The van der Waals surface area contributed by atoms with E-state index in [2.05, 4.69) is 20.9 Å². The summed E-state index contributed by atoms with van der Waals surface area (Å²) in [6.45, 7) is 1.67. The van der Waals surface area contributed by atoms with Gasteiger partial charge in [0.2, 0.25) is 0 Å². The highest BCUT2D eigenvalue weighted by atomic mass is 79.9. The van der Waals surface area contributed by atoms with Crippen molar-refractivity contribution in [2.75, 3.05) is 13.2 Å². The third kappa shape index (κ3) is 2.27. The summed E-state index contributed by atoms with van der Waals surface area (Å²) in [6.07, 6.45) is 3.86. The highest BCUT2D eigenvalue weighted by Gasteiger charge is 2.17. The molecular formula is C10H11BrClNO. The van der Waals surface area contributed by atoms with Gasteiger partial charge in [0.25, 0.3) is 0 Å². The van der Waals surface area contributed by atoms with Gasteiger partial charge >= 0.3 is 0 Å². The van der Waals surface area contributed by atoms with E-state index in [0.29, 0.717) is 5.92 Å². The van der Waals surface area contributed by atoms with Gasteiger partial charge in [-0.25, -0.2) is 0 Å². The minimum Gasteiger partial charge on any atom is -0.381 e. The van der Waals surface area contributed by atoms with Crippen LogP contribution in [0.2, 0.25) is 5.02 Å². The third-order valence-corrected chi connectivity index (χ3v) is 3.64. The van der Waals surface area contributed by atoms with Crippen molar-refractivity contribution in [3.63, 3.8) is 0 Å². The van der Waals surface area contributed by atoms with Crippen LogP contribution in [0, 0.1) is 0 Å². The molecule has 1 saturated heterocycles. The molecule has 0 radical (unpaired) electrons. The van der Waals surface area contributed by atoms with E-state index in [9.17, 15) is 0 Å². The number of ether oxygens (including phenoxy) is 1. The number of rotatable bonds is 1. The maximum absolute atomic E-state index is 6.01. The van der Waals surface area contributed by atoms with Crippen LogP contribution in [0.5, 0.6) is 0 Å². The Morgan fingerprint density at radius 1 is 1.43 bits per heavy atom. The predicted octanol–water partition coefficient (Wildman–Crippen LogP) is 3.39. The van der Waals surface area contributed by atoms with Crippen LogP contribution in [0.4, 0.5) is 0 Å². The van der Waals surface area contributed by atoms with Gasteiger partial charge in [-0.05, 0) is 34.8 Å². The van der Waals surface area contributed by atoms with Crippen LogP contribution in [0.25, 0.3) is 0 Å². The van der Waals surface area contributed by atoms with Crippen LogP contribution >= 0.6 is 27.5 Å². The van der Waals surface area contributed by atoms with Gasteiger partial charge in [-0.15, -0.1) is 0 Å². The standard InChI is InChI=1S/C10H11BrClNO/c11-8-6-13-10(5-9(8)12)7-1-3-14-4-2-7/h5-7H,1-4H2. The average molecular weight is 277 g/mol. The van der Waals surface area contributed by atoms with Crippen LogP contribution in [0.1, 0.15) is 24.5 Å². The van der Waals surface area contributed by atoms with Gasteiger partial charge in [-0.2, -0.15) is 0 Å². The van der Waals surface area contributed by atoms with Crippen molar-refractivity contribution in [2.24, 2.45) is 0 Å². The molecule has 0 saturated carbocycles. The summed E-state index contributed by atoms with van der Waals surface area (Å²) in [6, 6.07) is 1.95. The van der Waals surface area contributed by atoms with Crippen molar-refractivity contribution in [3.05, 3.63) is 27.5 Å². The molecule has 0 amide bonds. The Morgan fingerprint density at radius 2 is 2.14 bits per heavy atom. The Hall–Kier alpha value is -0.120. The lowest BCUT2D eigenvalue weighted by Crippen LogP contribution is -2.15. The Bertz CT molecular complexity index is 326. The number of aromatic nitrogens is 1. The fourth-order valence-corrected chi connectivity index (χ4v) is 2.02. The monoisotopic (exact) mass is 275 g/mol.